The van der Waals surface area contributed by atoms with Crippen LogP contribution in [0.4, 0.5) is 4.39 Å². The summed E-state index contributed by atoms with van der Waals surface area (Å²) in [5.41, 5.74) is 0.996. The Labute approximate surface area is 122 Å². The Morgan fingerprint density at radius 3 is 2.81 bits per heavy atom. The Morgan fingerprint density at radius 1 is 1.38 bits per heavy atom. The van der Waals surface area contributed by atoms with Crippen molar-refractivity contribution in [3.05, 3.63) is 35.8 Å². The molecule has 1 aromatic carbocycles. The fourth-order valence-electron chi connectivity index (χ4n) is 2.95. The fraction of sp³-hybridized carbons (Fsp3) is 0.375. The second kappa shape index (κ2) is 5.68. The summed E-state index contributed by atoms with van der Waals surface area (Å²) in [5.74, 6) is -0.0520. The Balaban J connectivity index is 2.11. The SMILES string of the molecule is COc1cccc(F)c1-c1nn(C2CCCC2)cc1C=O. The first-order valence-corrected chi connectivity index (χ1v) is 7.11. The van der Waals surface area contributed by atoms with Crippen molar-refractivity contribution >= 4 is 6.29 Å². The molecule has 0 radical (unpaired) electrons. The highest BCUT2D eigenvalue weighted by atomic mass is 19.1. The van der Waals surface area contributed by atoms with Crippen LogP contribution < -0.4 is 4.74 Å². The van der Waals surface area contributed by atoms with Crippen molar-refractivity contribution in [3.63, 3.8) is 0 Å². The van der Waals surface area contributed by atoms with Gasteiger partial charge in [-0.2, -0.15) is 5.10 Å². The van der Waals surface area contributed by atoms with Gasteiger partial charge in [0.2, 0.25) is 0 Å². The Hall–Kier alpha value is -2.17. The smallest absolute Gasteiger partial charge is 0.153 e. The van der Waals surface area contributed by atoms with Crippen molar-refractivity contribution in [1.82, 2.24) is 9.78 Å². The first-order chi connectivity index (χ1) is 10.2. The van der Waals surface area contributed by atoms with E-state index in [1.54, 1.807) is 23.0 Å². The summed E-state index contributed by atoms with van der Waals surface area (Å²) in [6, 6.07) is 4.89. The zero-order chi connectivity index (χ0) is 14.8. The molecule has 5 heteroatoms. The highest BCUT2D eigenvalue weighted by molar-refractivity contribution is 5.87. The van der Waals surface area contributed by atoms with Gasteiger partial charge in [0.05, 0.1) is 24.3 Å². The van der Waals surface area contributed by atoms with Crippen LogP contribution in [0.3, 0.4) is 0 Å². The largest absolute Gasteiger partial charge is 0.496 e. The lowest BCUT2D eigenvalue weighted by Crippen LogP contribution is -2.05. The molecule has 1 aliphatic rings. The number of halogens is 1. The summed E-state index contributed by atoms with van der Waals surface area (Å²) in [6.07, 6.45) is 6.87. The van der Waals surface area contributed by atoms with Crippen molar-refractivity contribution in [2.24, 2.45) is 0 Å². The number of aromatic nitrogens is 2. The summed E-state index contributed by atoms with van der Waals surface area (Å²) in [6.45, 7) is 0. The number of aldehydes is 1. The van der Waals surface area contributed by atoms with Crippen LogP contribution in [-0.2, 0) is 0 Å². The predicted octanol–water partition coefficient (Wildman–Crippen LogP) is 3.63. The highest BCUT2D eigenvalue weighted by Crippen LogP contribution is 2.35. The van der Waals surface area contributed by atoms with E-state index < -0.39 is 5.82 Å². The van der Waals surface area contributed by atoms with E-state index >= 15 is 0 Å². The minimum absolute atomic E-state index is 0.249. The second-order valence-electron chi connectivity index (χ2n) is 5.29. The molecule has 21 heavy (non-hydrogen) atoms. The molecule has 3 rings (SSSR count). The maximum absolute atomic E-state index is 14.2. The third-order valence-electron chi connectivity index (χ3n) is 4.02. The van der Waals surface area contributed by atoms with Crippen LogP contribution in [0.15, 0.2) is 24.4 Å². The average molecular weight is 288 g/mol. The molecule has 0 unspecified atom stereocenters. The molecule has 0 bridgehead atoms. The van der Waals surface area contributed by atoms with Gasteiger partial charge in [-0.15, -0.1) is 0 Å². The van der Waals surface area contributed by atoms with Crippen molar-refractivity contribution in [1.29, 1.82) is 0 Å². The third kappa shape index (κ3) is 2.44. The molecule has 1 saturated carbocycles. The minimum atomic E-state index is -0.436. The summed E-state index contributed by atoms with van der Waals surface area (Å²) in [5, 5.41) is 4.47. The van der Waals surface area contributed by atoms with Crippen molar-refractivity contribution in [2.75, 3.05) is 7.11 Å². The van der Waals surface area contributed by atoms with Gasteiger partial charge in [-0.25, -0.2) is 4.39 Å². The van der Waals surface area contributed by atoms with Crippen molar-refractivity contribution in [2.45, 2.75) is 31.7 Å². The van der Waals surface area contributed by atoms with Gasteiger partial charge in [0.1, 0.15) is 17.3 Å². The van der Waals surface area contributed by atoms with E-state index in [0.717, 1.165) is 19.1 Å². The molecule has 2 aromatic rings. The standard InChI is InChI=1S/C16H17FN2O2/c1-21-14-8-4-7-13(17)15(14)16-11(10-20)9-19(18-16)12-5-2-3-6-12/h4,7-10,12H,2-3,5-6H2,1H3. The van der Waals surface area contributed by atoms with Crippen LogP contribution >= 0.6 is 0 Å². The molecule has 0 spiro atoms. The van der Waals surface area contributed by atoms with E-state index in [1.807, 2.05) is 0 Å². The molecule has 1 fully saturated rings. The second-order valence-corrected chi connectivity index (χ2v) is 5.29. The number of ether oxygens (including phenoxy) is 1. The number of nitrogens with zero attached hydrogens (tertiary/aromatic N) is 2. The van der Waals surface area contributed by atoms with E-state index in [9.17, 15) is 9.18 Å². The lowest BCUT2D eigenvalue weighted by molar-refractivity contribution is 0.112. The topological polar surface area (TPSA) is 44.1 Å². The third-order valence-corrected chi connectivity index (χ3v) is 4.02. The Bertz CT molecular complexity index is 660. The lowest BCUT2D eigenvalue weighted by Gasteiger charge is -2.10. The summed E-state index contributed by atoms with van der Waals surface area (Å²) >= 11 is 0. The first kappa shape index (κ1) is 13.8. The number of methoxy groups -OCH3 is 1. The van der Waals surface area contributed by atoms with Gasteiger partial charge in [-0.1, -0.05) is 18.9 Å². The van der Waals surface area contributed by atoms with Crippen LogP contribution in [0, 0.1) is 5.82 Å². The van der Waals surface area contributed by atoms with Crippen LogP contribution in [0.5, 0.6) is 5.75 Å². The number of benzene rings is 1. The monoisotopic (exact) mass is 288 g/mol. The minimum Gasteiger partial charge on any atom is -0.496 e. The summed E-state index contributed by atoms with van der Waals surface area (Å²) < 4.78 is 21.2. The van der Waals surface area contributed by atoms with Crippen LogP contribution in [-0.4, -0.2) is 23.2 Å². The molecule has 0 N–H and O–H groups in total. The van der Waals surface area contributed by atoms with E-state index in [0.29, 0.717) is 23.0 Å². The number of carbonyl (C=O) groups excluding carboxylic acids is 1. The van der Waals surface area contributed by atoms with E-state index in [2.05, 4.69) is 5.10 Å². The lowest BCUT2D eigenvalue weighted by atomic mass is 10.1. The van der Waals surface area contributed by atoms with Gasteiger partial charge in [0.15, 0.2) is 6.29 Å². The normalized spacial score (nSPS) is 15.3. The van der Waals surface area contributed by atoms with Crippen LogP contribution in [0.1, 0.15) is 42.1 Å². The van der Waals surface area contributed by atoms with E-state index in [1.165, 1.54) is 26.0 Å². The number of hydrogen-bond acceptors (Lipinski definition) is 3. The zero-order valence-electron chi connectivity index (χ0n) is 11.9. The van der Waals surface area contributed by atoms with Gasteiger partial charge in [0, 0.05) is 6.20 Å². The number of hydrogen-bond donors (Lipinski definition) is 0. The molecule has 1 aromatic heterocycles. The molecule has 4 nitrogen and oxygen atoms in total. The summed E-state index contributed by atoms with van der Waals surface area (Å²) in [4.78, 5) is 11.3. The summed E-state index contributed by atoms with van der Waals surface area (Å²) in [7, 11) is 1.48. The molecule has 0 atom stereocenters. The number of carbonyl (C=O) groups is 1. The molecule has 0 amide bonds. The maximum atomic E-state index is 14.2. The van der Waals surface area contributed by atoms with E-state index in [4.69, 9.17) is 4.74 Å². The molecule has 0 aliphatic heterocycles. The Kier molecular flexibility index (Phi) is 3.73. The Morgan fingerprint density at radius 2 is 2.14 bits per heavy atom. The van der Waals surface area contributed by atoms with Crippen LogP contribution in [0.2, 0.25) is 0 Å². The van der Waals surface area contributed by atoms with Gasteiger partial charge in [-0.3, -0.25) is 9.48 Å². The van der Waals surface area contributed by atoms with Crippen molar-refractivity contribution in [3.8, 4) is 17.0 Å². The van der Waals surface area contributed by atoms with E-state index in [-0.39, 0.29) is 5.56 Å². The average Bonchev–Trinajstić information content (AvgIpc) is 3.15. The van der Waals surface area contributed by atoms with Gasteiger partial charge in [-0.05, 0) is 25.0 Å². The van der Waals surface area contributed by atoms with Crippen LogP contribution in [0.25, 0.3) is 11.3 Å². The fourth-order valence-corrected chi connectivity index (χ4v) is 2.95. The zero-order valence-corrected chi connectivity index (χ0v) is 11.9. The molecular weight excluding hydrogens is 271 g/mol. The predicted molar refractivity (Wildman–Crippen MR) is 77.1 cm³/mol. The number of rotatable bonds is 4. The van der Waals surface area contributed by atoms with Gasteiger partial charge < -0.3 is 4.74 Å². The molecule has 1 aliphatic carbocycles. The van der Waals surface area contributed by atoms with Gasteiger partial charge >= 0.3 is 0 Å². The molecule has 110 valence electrons. The van der Waals surface area contributed by atoms with Gasteiger partial charge in [0.25, 0.3) is 0 Å². The van der Waals surface area contributed by atoms with Crippen molar-refractivity contribution < 1.29 is 13.9 Å². The molecular formula is C16H17FN2O2. The quantitative estimate of drug-likeness (QED) is 0.807. The molecule has 0 saturated heterocycles. The maximum Gasteiger partial charge on any atom is 0.153 e. The highest BCUT2D eigenvalue weighted by Gasteiger charge is 2.23. The first-order valence-electron chi connectivity index (χ1n) is 7.11. The molecule has 1 heterocycles.